The monoisotopic (exact) mass is 205 g/mol. The van der Waals surface area contributed by atoms with Crippen LogP contribution >= 0.6 is 8.58 Å². The van der Waals surface area contributed by atoms with Gasteiger partial charge in [-0.15, -0.1) is 0 Å². The summed E-state index contributed by atoms with van der Waals surface area (Å²) in [5.41, 5.74) is 4.65. The molecule has 0 heterocycles. The van der Waals surface area contributed by atoms with E-state index in [2.05, 4.69) is 0 Å². The van der Waals surface area contributed by atoms with Gasteiger partial charge in [-0.25, -0.2) is 0 Å². The van der Waals surface area contributed by atoms with Gasteiger partial charge in [-0.1, -0.05) is 12.8 Å². The van der Waals surface area contributed by atoms with E-state index in [9.17, 15) is 9.90 Å². The van der Waals surface area contributed by atoms with Crippen LogP contribution in [-0.4, -0.2) is 29.3 Å². The second kappa shape index (κ2) is 5.53. The average molecular weight is 205 g/mol. The summed E-state index contributed by atoms with van der Waals surface area (Å²) in [6.07, 6.45) is 3.79. The zero-order valence-electron chi connectivity index (χ0n) is 7.53. The summed E-state index contributed by atoms with van der Waals surface area (Å²) >= 11 is 0. The molecule has 0 aromatic rings. The first kappa shape index (κ1) is 10.9. The first-order chi connectivity index (χ1) is 6.20. The molecule has 0 saturated heterocycles. The maximum absolute atomic E-state index is 10.4. The van der Waals surface area contributed by atoms with Crippen LogP contribution in [0.5, 0.6) is 0 Å². The van der Waals surface area contributed by atoms with Gasteiger partial charge in [0, 0.05) is 0 Å². The molecule has 13 heavy (non-hydrogen) atoms. The molecule has 1 amide bonds. The highest BCUT2D eigenvalue weighted by molar-refractivity contribution is 7.57. The van der Waals surface area contributed by atoms with E-state index in [4.69, 9.17) is 10.5 Å². The molecule has 0 aliphatic heterocycles. The van der Waals surface area contributed by atoms with Crippen molar-refractivity contribution in [3.05, 3.63) is 0 Å². The van der Waals surface area contributed by atoms with E-state index in [-0.39, 0.29) is 26.4 Å². The molecular formula is C8H16NO3P. The molecule has 1 fully saturated rings. The average Bonchev–Trinajstić information content (AvgIpc) is 2.08. The molecule has 0 aromatic heterocycles. The van der Waals surface area contributed by atoms with Crippen LogP contribution in [0.4, 0.5) is 4.79 Å². The maximum Gasteiger partial charge on any atom is 0.237 e. The standard InChI is InChI=1S/C8H16NO3P/c9-8(11)13-5-12-7-4-2-1-3-6(7)10/h6-7,10,13H,1-5H2,(H2,9,11). The third-order valence-corrected chi connectivity index (χ3v) is 2.87. The molecule has 76 valence electrons. The molecule has 1 aliphatic rings. The first-order valence-electron chi connectivity index (χ1n) is 4.53. The zero-order valence-corrected chi connectivity index (χ0v) is 8.53. The SMILES string of the molecule is NC(=O)PCOC1CCCCC1O. The molecule has 0 bridgehead atoms. The molecule has 1 rings (SSSR count). The molecule has 4 nitrogen and oxygen atoms in total. The van der Waals surface area contributed by atoms with Crippen LogP contribution < -0.4 is 5.73 Å². The number of primary amides is 1. The zero-order chi connectivity index (χ0) is 9.68. The minimum atomic E-state index is -0.355. The number of carbonyl (C=O) groups excluding carboxylic acids is 1. The topological polar surface area (TPSA) is 72.6 Å². The third-order valence-electron chi connectivity index (χ3n) is 2.21. The van der Waals surface area contributed by atoms with Crippen molar-refractivity contribution in [3.63, 3.8) is 0 Å². The molecule has 1 aliphatic carbocycles. The Labute approximate surface area is 79.6 Å². The fourth-order valence-corrected chi connectivity index (χ4v) is 1.93. The Balaban J connectivity index is 2.15. The summed E-state index contributed by atoms with van der Waals surface area (Å²) < 4.78 is 5.37. The summed E-state index contributed by atoms with van der Waals surface area (Å²) in [6.45, 7) is 0. The Kier molecular flexibility index (Phi) is 4.64. The van der Waals surface area contributed by atoms with Gasteiger partial charge in [-0.05, 0) is 21.4 Å². The van der Waals surface area contributed by atoms with E-state index in [0.29, 0.717) is 6.35 Å². The van der Waals surface area contributed by atoms with E-state index >= 15 is 0 Å². The predicted molar refractivity (Wildman–Crippen MR) is 52.1 cm³/mol. The lowest BCUT2D eigenvalue weighted by atomic mass is 9.95. The maximum atomic E-state index is 10.4. The van der Waals surface area contributed by atoms with Crippen LogP contribution in [0.15, 0.2) is 0 Å². The van der Waals surface area contributed by atoms with Crippen LogP contribution in [-0.2, 0) is 4.74 Å². The molecule has 1 saturated carbocycles. The number of aliphatic hydroxyl groups excluding tert-OH is 1. The first-order valence-corrected chi connectivity index (χ1v) is 5.74. The van der Waals surface area contributed by atoms with Gasteiger partial charge < -0.3 is 15.6 Å². The van der Waals surface area contributed by atoms with Crippen molar-refractivity contribution in [1.29, 1.82) is 0 Å². The second-order valence-electron chi connectivity index (χ2n) is 3.24. The molecule has 0 radical (unpaired) electrons. The van der Waals surface area contributed by atoms with Gasteiger partial charge >= 0.3 is 0 Å². The highest BCUT2D eigenvalue weighted by Crippen LogP contribution is 2.23. The normalized spacial score (nSPS) is 29.6. The number of carbonyl (C=O) groups is 1. The summed E-state index contributed by atoms with van der Waals surface area (Å²) in [7, 11) is 0.00824. The van der Waals surface area contributed by atoms with Crippen molar-refractivity contribution in [2.24, 2.45) is 5.73 Å². The Morgan fingerprint density at radius 3 is 2.85 bits per heavy atom. The Morgan fingerprint density at radius 2 is 2.23 bits per heavy atom. The van der Waals surface area contributed by atoms with Crippen LogP contribution in [0.1, 0.15) is 25.7 Å². The number of rotatable bonds is 4. The summed E-state index contributed by atoms with van der Waals surface area (Å²) in [6, 6.07) is 0. The number of aliphatic hydroxyl groups is 1. The number of nitrogens with two attached hydrogens (primary N) is 1. The summed E-state index contributed by atoms with van der Waals surface area (Å²) in [4.78, 5) is 10.4. The van der Waals surface area contributed by atoms with Crippen molar-refractivity contribution >= 4 is 14.2 Å². The van der Waals surface area contributed by atoms with E-state index in [1.165, 1.54) is 0 Å². The van der Waals surface area contributed by atoms with Gasteiger partial charge in [-0.3, -0.25) is 4.79 Å². The lowest BCUT2D eigenvalue weighted by molar-refractivity contribution is -0.0421. The van der Waals surface area contributed by atoms with Crippen molar-refractivity contribution in [2.75, 3.05) is 6.35 Å². The Hall–Kier alpha value is -0.180. The van der Waals surface area contributed by atoms with Crippen molar-refractivity contribution in [2.45, 2.75) is 37.9 Å². The van der Waals surface area contributed by atoms with Gasteiger partial charge in [0.2, 0.25) is 5.65 Å². The van der Waals surface area contributed by atoms with Gasteiger partial charge in [-0.2, -0.15) is 0 Å². The largest absolute Gasteiger partial charge is 0.390 e. The number of hydrogen-bond donors (Lipinski definition) is 2. The molecule has 3 N–H and O–H groups in total. The molecule has 5 heteroatoms. The molecule has 3 atom stereocenters. The number of ether oxygens (including phenoxy) is 1. The van der Waals surface area contributed by atoms with Gasteiger partial charge in [0.25, 0.3) is 0 Å². The fraction of sp³-hybridized carbons (Fsp3) is 0.875. The van der Waals surface area contributed by atoms with Gasteiger partial charge in [0.1, 0.15) is 0 Å². The third kappa shape index (κ3) is 4.03. The summed E-state index contributed by atoms with van der Waals surface area (Å²) in [5, 5.41) is 9.50. The predicted octanol–water partition coefficient (Wildman–Crippen LogP) is 1.02. The quantitative estimate of drug-likeness (QED) is 0.673. The van der Waals surface area contributed by atoms with Gasteiger partial charge in [0.05, 0.1) is 18.6 Å². The second-order valence-corrected chi connectivity index (χ2v) is 4.38. The minimum absolute atomic E-state index is 0.00824. The van der Waals surface area contributed by atoms with Crippen LogP contribution in [0, 0.1) is 0 Å². The van der Waals surface area contributed by atoms with E-state index in [0.717, 1.165) is 25.7 Å². The lowest BCUT2D eigenvalue weighted by Gasteiger charge is -2.27. The Bertz CT molecular complexity index is 177. The summed E-state index contributed by atoms with van der Waals surface area (Å²) in [5.74, 6) is 0. The van der Waals surface area contributed by atoms with Crippen molar-refractivity contribution in [3.8, 4) is 0 Å². The van der Waals surface area contributed by atoms with E-state index in [1.807, 2.05) is 0 Å². The van der Waals surface area contributed by atoms with E-state index < -0.39 is 0 Å². The van der Waals surface area contributed by atoms with E-state index in [1.54, 1.807) is 0 Å². The van der Waals surface area contributed by atoms with Crippen LogP contribution in [0.25, 0.3) is 0 Å². The van der Waals surface area contributed by atoms with Crippen LogP contribution in [0.3, 0.4) is 0 Å². The highest BCUT2D eigenvalue weighted by Gasteiger charge is 2.23. The Morgan fingerprint density at radius 1 is 1.54 bits per heavy atom. The van der Waals surface area contributed by atoms with Crippen molar-refractivity contribution in [1.82, 2.24) is 0 Å². The smallest absolute Gasteiger partial charge is 0.237 e. The number of amides is 1. The van der Waals surface area contributed by atoms with Crippen LogP contribution in [0.2, 0.25) is 0 Å². The van der Waals surface area contributed by atoms with Crippen molar-refractivity contribution < 1.29 is 14.6 Å². The lowest BCUT2D eigenvalue weighted by Crippen LogP contribution is -2.32. The molecule has 0 spiro atoms. The highest BCUT2D eigenvalue weighted by atomic mass is 31.1. The molecule has 3 unspecified atom stereocenters. The molecule has 0 aromatic carbocycles. The molecular weight excluding hydrogens is 189 g/mol. The number of hydrogen-bond acceptors (Lipinski definition) is 3. The fourth-order valence-electron chi connectivity index (χ4n) is 1.49. The van der Waals surface area contributed by atoms with Gasteiger partial charge in [0.15, 0.2) is 0 Å². The minimum Gasteiger partial charge on any atom is -0.390 e.